The van der Waals surface area contributed by atoms with E-state index < -0.39 is 17.4 Å². The number of halogens is 3. The number of hydrogen-bond donors (Lipinski definition) is 1. The number of aromatic nitrogens is 1. The fraction of sp³-hybridized carbons (Fsp3) is 0.467. The lowest BCUT2D eigenvalue weighted by molar-refractivity contribution is -0.138. The Morgan fingerprint density at radius 2 is 2.27 bits per heavy atom. The second-order valence-corrected chi connectivity index (χ2v) is 5.13. The first-order valence-corrected chi connectivity index (χ1v) is 6.88. The molecule has 0 spiro atoms. The summed E-state index contributed by atoms with van der Waals surface area (Å²) >= 11 is 0. The number of pyridine rings is 1. The molecule has 1 unspecified atom stereocenters. The molecular weight excluding hydrogens is 295 g/mol. The predicted molar refractivity (Wildman–Crippen MR) is 74.9 cm³/mol. The van der Waals surface area contributed by atoms with Crippen molar-refractivity contribution in [1.82, 2.24) is 4.98 Å². The van der Waals surface area contributed by atoms with Gasteiger partial charge in [0.05, 0.1) is 30.3 Å². The summed E-state index contributed by atoms with van der Waals surface area (Å²) in [5.41, 5.74) is -1.35. The number of hydrogen-bond acceptors (Lipinski definition) is 4. The molecule has 0 radical (unpaired) electrons. The second kappa shape index (κ2) is 6.69. The van der Waals surface area contributed by atoms with Gasteiger partial charge < -0.3 is 10.1 Å². The van der Waals surface area contributed by atoms with E-state index in [4.69, 9.17) is 10.00 Å². The lowest BCUT2D eigenvalue weighted by Gasteiger charge is -2.22. The second-order valence-electron chi connectivity index (χ2n) is 5.13. The van der Waals surface area contributed by atoms with E-state index in [1.807, 2.05) is 6.08 Å². The average molecular weight is 311 g/mol. The zero-order chi connectivity index (χ0) is 16.2. The Morgan fingerprint density at radius 3 is 2.82 bits per heavy atom. The van der Waals surface area contributed by atoms with Crippen LogP contribution in [0.1, 0.15) is 30.5 Å². The van der Waals surface area contributed by atoms with Crippen LogP contribution >= 0.6 is 0 Å². The number of ether oxygens (including phenoxy) is 1. The molecule has 0 saturated heterocycles. The van der Waals surface area contributed by atoms with Gasteiger partial charge in [0.15, 0.2) is 5.69 Å². The molecule has 0 saturated carbocycles. The Bertz CT molecular complexity index is 605. The maximum atomic E-state index is 12.9. The van der Waals surface area contributed by atoms with Crippen molar-refractivity contribution in [2.45, 2.75) is 25.4 Å². The van der Waals surface area contributed by atoms with Crippen molar-refractivity contribution in [3.05, 3.63) is 35.4 Å². The standard InChI is InChI=1S/C15H16F3N3O/c1-22-12-4-2-10(3-5-12)8-20-11-6-13(15(16,17)18)14(7-19)21-9-11/h4,6,9-10,20H,2-3,5,8H2,1H3. The van der Waals surface area contributed by atoms with Crippen LogP contribution in [0.25, 0.3) is 0 Å². The molecule has 1 atom stereocenters. The largest absolute Gasteiger partial charge is 0.501 e. The zero-order valence-corrected chi connectivity index (χ0v) is 12.1. The highest BCUT2D eigenvalue weighted by molar-refractivity contribution is 5.48. The van der Waals surface area contributed by atoms with Crippen molar-refractivity contribution in [2.75, 3.05) is 19.0 Å². The van der Waals surface area contributed by atoms with E-state index in [0.717, 1.165) is 31.1 Å². The summed E-state index contributed by atoms with van der Waals surface area (Å²) in [5, 5.41) is 11.7. The van der Waals surface area contributed by atoms with Gasteiger partial charge in [-0.25, -0.2) is 4.98 Å². The third kappa shape index (κ3) is 3.91. The molecule has 7 heteroatoms. The number of anilines is 1. The summed E-state index contributed by atoms with van der Waals surface area (Å²) in [5.74, 6) is 1.29. The van der Waals surface area contributed by atoms with Crippen molar-refractivity contribution in [3.8, 4) is 6.07 Å². The molecule has 22 heavy (non-hydrogen) atoms. The van der Waals surface area contributed by atoms with E-state index >= 15 is 0 Å². The Labute approximate surface area is 126 Å². The molecule has 1 aromatic heterocycles. The average Bonchev–Trinajstić information content (AvgIpc) is 2.52. The topological polar surface area (TPSA) is 57.9 Å². The van der Waals surface area contributed by atoms with E-state index in [1.165, 1.54) is 12.3 Å². The highest BCUT2D eigenvalue weighted by Crippen LogP contribution is 2.32. The minimum Gasteiger partial charge on any atom is -0.501 e. The van der Waals surface area contributed by atoms with Crippen LogP contribution in [0.5, 0.6) is 0 Å². The summed E-state index contributed by atoms with van der Waals surface area (Å²) in [6.07, 6.45) is 1.26. The maximum Gasteiger partial charge on any atom is 0.419 e. The quantitative estimate of drug-likeness (QED) is 0.921. The monoisotopic (exact) mass is 311 g/mol. The number of methoxy groups -OCH3 is 1. The number of nitrogens with zero attached hydrogens (tertiary/aromatic N) is 2. The first-order valence-electron chi connectivity index (χ1n) is 6.88. The van der Waals surface area contributed by atoms with E-state index in [0.29, 0.717) is 12.5 Å². The fourth-order valence-electron chi connectivity index (χ4n) is 2.36. The van der Waals surface area contributed by atoms with Gasteiger partial charge in [0.1, 0.15) is 6.07 Å². The molecular formula is C15H16F3N3O. The Balaban J connectivity index is 2.03. The van der Waals surface area contributed by atoms with Gasteiger partial charge in [-0.15, -0.1) is 0 Å². The third-order valence-corrected chi connectivity index (χ3v) is 3.63. The van der Waals surface area contributed by atoms with Crippen molar-refractivity contribution in [1.29, 1.82) is 5.26 Å². The molecule has 0 amide bonds. The van der Waals surface area contributed by atoms with E-state index in [2.05, 4.69) is 10.3 Å². The summed E-state index contributed by atoms with van der Waals surface area (Å²) in [6, 6.07) is 2.40. The van der Waals surface area contributed by atoms with Crippen LogP contribution < -0.4 is 5.32 Å². The number of rotatable bonds is 4. The SMILES string of the molecule is COC1=CCC(CNc2cnc(C#N)c(C(F)(F)F)c2)CC1. The van der Waals surface area contributed by atoms with Crippen LogP contribution in [-0.4, -0.2) is 18.6 Å². The van der Waals surface area contributed by atoms with Gasteiger partial charge >= 0.3 is 6.18 Å². The van der Waals surface area contributed by atoms with Gasteiger partial charge in [0.25, 0.3) is 0 Å². The van der Waals surface area contributed by atoms with Crippen molar-refractivity contribution < 1.29 is 17.9 Å². The lowest BCUT2D eigenvalue weighted by atomic mass is 9.93. The van der Waals surface area contributed by atoms with Gasteiger partial charge in [-0.05, 0) is 30.9 Å². The molecule has 0 aliphatic heterocycles. The number of allylic oxidation sites excluding steroid dienone is 2. The van der Waals surface area contributed by atoms with Crippen LogP contribution in [0.4, 0.5) is 18.9 Å². The maximum absolute atomic E-state index is 12.9. The van der Waals surface area contributed by atoms with Crippen LogP contribution in [0.3, 0.4) is 0 Å². The van der Waals surface area contributed by atoms with E-state index in [9.17, 15) is 13.2 Å². The molecule has 0 aromatic carbocycles. The highest BCUT2D eigenvalue weighted by Gasteiger charge is 2.34. The van der Waals surface area contributed by atoms with Crippen LogP contribution in [0.2, 0.25) is 0 Å². The van der Waals surface area contributed by atoms with Gasteiger partial charge in [-0.3, -0.25) is 0 Å². The van der Waals surface area contributed by atoms with Crippen LogP contribution in [-0.2, 0) is 10.9 Å². The molecule has 4 nitrogen and oxygen atoms in total. The van der Waals surface area contributed by atoms with Crippen molar-refractivity contribution in [3.63, 3.8) is 0 Å². The van der Waals surface area contributed by atoms with Crippen LogP contribution in [0.15, 0.2) is 24.1 Å². The third-order valence-electron chi connectivity index (χ3n) is 3.63. The molecule has 1 N–H and O–H groups in total. The molecule has 1 aliphatic carbocycles. The lowest BCUT2D eigenvalue weighted by Crippen LogP contribution is -2.18. The molecule has 118 valence electrons. The molecule has 1 heterocycles. The normalized spacial score (nSPS) is 18.3. The molecule has 0 bridgehead atoms. The number of nitrogens with one attached hydrogen (secondary N) is 1. The van der Waals surface area contributed by atoms with Gasteiger partial charge in [0, 0.05) is 13.0 Å². The summed E-state index contributed by atoms with van der Waals surface area (Å²) in [6.45, 7) is 0.554. The summed E-state index contributed by atoms with van der Waals surface area (Å²) in [4.78, 5) is 3.58. The Morgan fingerprint density at radius 1 is 1.50 bits per heavy atom. The van der Waals surface area contributed by atoms with Crippen LogP contribution in [0, 0.1) is 17.2 Å². The van der Waals surface area contributed by atoms with E-state index in [-0.39, 0.29) is 5.69 Å². The number of alkyl halides is 3. The van der Waals surface area contributed by atoms with Crippen molar-refractivity contribution in [2.24, 2.45) is 5.92 Å². The molecule has 0 fully saturated rings. The first-order chi connectivity index (χ1) is 10.4. The predicted octanol–water partition coefficient (Wildman–Crippen LogP) is 3.71. The minimum atomic E-state index is -4.59. The minimum absolute atomic E-state index is 0.271. The van der Waals surface area contributed by atoms with Gasteiger partial charge in [0.2, 0.25) is 0 Å². The number of nitriles is 1. The van der Waals surface area contributed by atoms with Gasteiger partial charge in [-0.1, -0.05) is 0 Å². The summed E-state index contributed by atoms with van der Waals surface area (Å²) < 4.78 is 43.7. The molecule has 1 aliphatic rings. The first kappa shape index (κ1) is 16.1. The molecule has 2 rings (SSSR count). The highest BCUT2D eigenvalue weighted by atomic mass is 19.4. The Hall–Kier alpha value is -2.23. The summed E-state index contributed by atoms with van der Waals surface area (Å²) in [7, 11) is 1.63. The fourth-order valence-corrected chi connectivity index (χ4v) is 2.36. The smallest absolute Gasteiger partial charge is 0.419 e. The Kier molecular flexibility index (Phi) is 4.91. The van der Waals surface area contributed by atoms with Crippen molar-refractivity contribution >= 4 is 5.69 Å². The molecule has 1 aromatic rings. The van der Waals surface area contributed by atoms with E-state index in [1.54, 1.807) is 7.11 Å². The van der Waals surface area contributed by atoms with Gasteiger partial charge in [-0.2, -0.15) is 18.4 Å². The zero-order valence-electron chi connectivity index (χ0n) is 12.1.